The summed E-state index contributed by atoms with van der Waals surface area (Å²) in [6.45, 7) is 4.36. The van der Waals surface area contributed by atoms with E-state index in [1.807, 2.05) is 32.0 Å². The zero-order valence-corrected chi connectivity index (χ0v) is 11.9. The maximum Gasteiger partial charge on any atom is 0.327 e. The lowest BCUT2D eigenvalue weighted by Crippen LogP contribution is -2.50. The number of hydrogen-bond donors (Lipinski definition) is 1. The molecule has 1 aliphatic heterocycles. The van der Waals surface area contributed by atoms with Crippen molar-refractivity contribution in [3.63, 3.8) is 0 Å². The second-order valence-electron chi connectivity index (χ2n) is 4.80. The summed E-state index contributed by atoms with van der Waals surface area (Å²) >= 11 is 1.58. The van der Waals surface area contributed by atoms with Gasteiger partial charge in [0.1, 0.15) is 6.04 Å². The van der Waals surface area contributed by atoms with Crippen LogP contribution in [0.5, 0.6) is 0 Å². The molecule has 1 heterocycles. The van der Waals surface area contributed by atoms with E-state index >= 15 is 0 Å². The molecular formula is C14H17NO3S. The summed E-state index contributed by atoms with van der Waals surface area (Å²) in [6, 6.07) is 4.91. The minimum atomic E-state index is -0.926. The average molecular weight is 279 g/mol. The van der Waals surface area contributed by atoms with Crippen molar-refractivity contribution in [1.82, 2.24) is 4.90 Å². The molecule has 5 heteroatoms. The van der Waals surface area contributed by atoms with Crippen molar-refractivity contribution in [2.75, 3.05) is 18.1 Å². The van der Waals surface area contributed by atoms with E-state index in [0.29, 0.717) is 17.9 Å². The predicted molar refractivity (Wildman–Crippen MR) is 75.7 cm³/mol. The molecule has 0 aromatic heterocycles. The molecule has 1 fully saturated rings. The van der Waals surface area contributed by atoms with E-state index in [-0.39, 0.29) is 5.91 Å². The van der Waals surface area contributed by atoms with Gasteiger partial charge in [0.25, 0.3) is 5.91 Å². The Hall–Kier alpha value is -1.49. The largest absolute Gasteiger partial charge is 0.480 e. The lowest BCUT2D eigenvalue weighted by molar-refractivity contribution is -0.141. The van der Waals surface area contributed by atoms with E-state index in [0.717, 1.165) is 16.9 Å². The van der Waals surface area contributed by atoms with Crippen LogP contribution in [0.15, 0.2) is 18.2 Å². The van der Waals surface area contributed by atoms with Gasteiger partial charge in [-0.15, -0.1) is 0 Å². The van der Waals surface area contributed by atoms with Gasteiger partial charge in [-0.05, 0) is 26.0 Å². The summed E-state index contributed by atoms with van der Waals surface area (Å²) in [6.07, 6.45) is 0. The fourth-order valence-electron chi connectivity index (χ4n) is 2.32. The molecule has 1 saturated heterocycles. The van der Waals surface area contributed by atoms with Crippen LogP contribution >= 0.6 is 11.8 Å². The number of carboxylic acid groups (broad SMARTS) is 1. The van der Waals surface area contributed by atoms with E-state index in [1.165, 1.54) is 4.90 Å². The molecule has 1 aromatic carbocycles. The molecule has 2 rings (SSSR count). The van der Waals surface area contributed by atoms with E-state index in [9.17, 15) is 14.7 Å². The first-order valence-corrected chi connectivity index (χ1v) is 7.34. The number of nitrogens with zero attached hydrogens (tertiary/aromatic N) is 1. The van der Waals surface area contributed by atoms with E-state index in [2.05, 4.69) is 0 Å². The van der Waals surface area contributed by atoms with Crippen LogP contribution in [-0.2, 0) is 4.79 Å². The molecule has 102 valence electrons. The Morgan fingerprint density at radius 2 is 1.89 bits per heavy atom. The van der Waals surface area contributed by atoms with Crippen LogP contribution in [0.4, 0.5) is 0 Å². The number of thioether (sulfide) groups is 1. The first-order chi connectivity index (χ1) is 8.99. The van der Waals surface area contributed by atoms with Gasteiger partial charge in [-0.2, -0.15) is 11.8 Å². The highest BCUT2D eigenvalue weighted by Crippen LogP contribution is 2.20. The third-order valence-corrected chi connectivity index (χ3v) is 4.17. The van der Waals surface area contributed by atoms with Gasteiger partial charge >= 0.3 is 5.97 Å². The molecule has 0 bridgehead atoms. The Kier molecular flexibility index (Phi) is 4.14. The van der Waals surface area contributed by atoms with Crippen LogP contribution in [0.2, 0.25) is 0 Å². The Balaban J connectivity index is 2.28. The van der Waals surface area contributed by atoms with E-state index < -0.39 is 12.0 Å². The van der Waals surface area contributed by atoms with Gasteiger partial charge in [-0.1, -0.05) is 17.2 Å². The molecule has 0 aliphatic carbocycles. The van der Waals surface area contributed by atoms with Crippen molar-refractivity contribution in [3.8, 4) is 0 Å². The molecule has 0 saturated carbocycles. The molecule has 0 spiro atoms. The van der Waals surface area contributed by atoms with Crippen LogP contribution in [0, 0.1) is 13.8 Å². The van der Waals surface area contributed by atoms with Crippen molar-refractivity contribution in [3.05, 3.63) is 34.9 Å². The molecule has 1 N–H and O–H groups in total. The van der Waals surface area contributed by atoms with Gasteiger partial charge in [-0.25, -0.2) is 4.79 Å². The maximum atomic E-state index is 12.5. The predicted octanol–water partition coefficient (Wildman–Crippen LogP) is 1.95. The van der Waals surface area contributed by atoms with Crippen molar-refractivity contribution >= 4 is 23.6 Å². The molecule has 1 atom stereocenters. The minimum absolute atomic E-state index is 0.181. The van der Waals surface area contributed by atoms with Crippen LogP contribution in [-0.4, -0.2) is 46.0 Å². The molecule has 1 aliphatic rings. The Morgan fingerprint density at radius 1 is 1.26 bits per heavy atom. The maximum absolute atomic E-state index is 12.5. The molecular weight excluding hydrogens is 262 g/mol. The number of benzene rings is 1. The van der Waals surface area contributed by atoms with Gasteiger partial charge in [0.2, 0.25) is 0 Å². The summed E-state index contributed by atoms with van der Waals surface area (Å²) in [5.41, 5.74) is 2.61. The zero-order chi connectivity index (χ0) is 14.0. The number of carbonyl (C=O) groups is 2. The first kappa shape index (κ1) is 13.9. The van der Waals surface area contributed by atoms with Gasteiger partial charge in [0, 0.05) is 23.6 Å². The molecule has 4 nitrogen and oxygen atoms in total. The quantitative estimate of drug-likeness (QED) is 0.899. The van der Waals surface area contributed by atoms with Crippen molar-refractivity contribution < 1.29 is 14.7 Å². The Morgan fingerprint density at radius 3 is 2.47 bits per heavy atom. The van der Waals surface area contributed by atoms with Crippen LogP contribution in [0.25, 0.3) is 0 Å². The highest BCUT2D eigenvalue weighted by molar-refractivity contribution is 7.99. The number of aryl methyl sites for hydroxylation is 2. The van der Waals surface area contributed by atoms with Gasteiger partial charge in [0.15, 0.2) is 0 Å². The second kappa shape index (κ2) is 5.65. The Bertz CT molecular complexity index is 495. The molecule has 19 heavy (non-hydrogen) atoms. The molecule has 0 radical (unpaired) electrons. The molecule has 1 unspecified atom stereocenters. The third kappa shape index (κ3) is 3.10. The fourth-order valence-corrected chi connectivity index (χ4v) is 3.35. The highest BCUT2D eigenvalue weighted by Gasteiger charge is 2.32. The fraction of sp³-hybridized carbons (Fsp3) is 0.429. The Labute approximate surface area is 116 Å². The van der Waals surface area contributed by atoms with Gasteiger partial charge < -0.3 is 10.0 Å². The van der Waals surface area contributed by atoms with Gasteiger partial charge in [-0.3, -0.25) is 4.79 Å². The van der Waals surface area contributed by atoms with Crippen LogP contribution in [0.3, 0.4) is 0 Å². The van der Waals surface area contributed by atoms with E-state index in [4.69, 9.17) is 0 Å². The van der Waals surface area contributed by atoms with Gasteiger partial charge in [0.05, 0.1) is 0 Å². The van der Waals surface area contributed by atoms with Crippen molar-refractivity contribution in [2.45, 2.75) is 19.9 Å². The number of carbonyl (C=O) groups excluding carboxylic acids is 1. The zero-order valence-electron chi connectivity index (χ0n) is 11.0. The van der Waals surface area contributed by atoms with E-state index in [1.54, 1.807) is 11.8 Å². The third-order valence-electron chi connectivity index (χ3n) is 3.14. The topological polar surface area (TPSA) is 57.6 Å². The number of carboxylic acids is 1. The monoisotopic (exact) mass is 279 g/mol. The smallest absolute Gasteiger partial charge is 0.327 e. The van der Waals surface area contributed by atoms with Crippen molar-refractivity contribution in [1.29, 1.82) is 0 Å². The summed E-state index contributed by atoms with van der Waals surface area (Å²) < 4.78 is 0. The first-order valence-electron chi connectivity index (χ1n) is 6.19. The SMILES string of the molecule is Cc1cc(C)cc(C(=O)N2CCSCC2C(=O)O)c1. The normalized spacial score (nSPS) is 19.3. The van der Waals surface area contributed by atoms with Crippen LogP contribution < -0.4 is 0 Å². The number of rotatable bonds is 2. The highest BCUT2D eigenvalue weighted by atomic mass is 32.2. The lowest BCUT2D eigenvalue weighted by Gasteiger charge is -2.32. The second-order valence-corrected chi connectivity index (χ2v) is 5.95. The summed E-state index contributed by atoms with van der Waals surface area (Å²) in [5.74, 6) is 0.149. The number of aliphatic carboxylic acids is 1. The standard InChI is InChI=1S/C14H17NO3S/c1-9-5-10(2)7-11(6-9)13(16)15-3-4-19-8-12(15)14(17)18/h5-7,12H,3-4,8H2,1-2H3,(H,17,18). The average Bonchev–Trinajstić information content (AvgIpc) is 2.36. The summed E-state index contributed by atoms with van der Waals surface area (Å²) in [7, 11) is 0. The minimum Gasteiger partial charge on any atom is -0.480 e. The summed E-state index contributed by atoms with van der Waals surface area (Å²) in [4.78, 5) is 25.2. The molecule has 1 amide bonds. The van der Waals surface area contributed by atoms with Crippen molar-refractivity contribution in [2.24, 2.45) is 0 Å². The number of hydrogen-bond acceptors (Lipinski definition) is 3. The lowest BCUT2D eigenvalue weighted by atomic mass is 10.1. The summed E-state index contributed by atoms with van der Waals surface area (Å²) in [5, 5.41) is 9.21. The molecule has 1 aromatic rings. The number of amides is 1. The van der Waals surface area contributed by atoms with Crippen LogP contribution in [0.1, 0.15) is 21.5 Å².